The highest BCUT2D eigenvalue weighted by atomic mass is 16.3. The molecule has 4 atom stereocenters. The topological polar surface area (TPSA) is 60.7 Å². The number of rotatable bonds is 1. The molecule has 11 heavy (non-hydrogen) atoms. The third-order valence-electron chi connectivity index (χ3n) is 3.36. The maximum atomic E-state index is 9.53. The summed E-state index contributed by atoms with van der Waals surface area (Å²) in [7, 11) is 0. The van der Waals surface area contributed by atoms with Gasteiger partial charge in [0.25, 0.3) is 0 Å². The van der Waals surface area contributed by atoms with E-state index in [4.69, 9.17) is 5.11 Å². The second-order valence-electron chi connectivity index (χ2n) is 3.87. The number of aliphatic hydroxyl groups excluding tert-OH is 3. The molecule has 0 aliphatic heterocycles. The highest BCUT2D eigenvalue weighted by Crippen LogP contribution is 2.62. The molecule has 0 amide bonds. The molecule has 2 fully saturated rings. The quantitative estimate of drug-likeness (QED) is 0.482. The van der Waals surface area contributed by atoms with Crippen LogP contribution in [0.25, 0.3) is 0 Å². The lowest BCUT2D eigenvalue weighted by Gasteiger charge is -2.15. The van der Waals surface area contributed by atoms with Gasteiger partial charge in [-0.05, 0) is 25.2 Å². The van der Waals surface area contributed by atoms with Crippen LogP contribution in [0.5, 0.6) is 0 Å². The monoisotopic (exact) mass is 158 g/mol. The van der Waals surface area contributed by atoms with Crippen LogP contribution in [-0.2, 0) is 0 Å². The summed E-state index contributed by atoms with van der Waals surface area (Å²) in [6.07, 6.45) is 1.33. The zero-order chi connectivity index (χ0) is 8.06. The van der Waals surface area contributed by atoms with Crippen molar-refractivity contribution in [2.24, 2.45) is 11.3 Å². The SMILES string of the molecule is OCC1C[C@@]12CC[C@H](O)[C@@H]2O. The molecule has 2 aliphatic carbocycles. The highest BCUT2D eigenvalue weighted by Gasteiger charge is 2.62. The second-order valence-corrected chi connectivity index (χ2v) is 3.87. The minimum atomic E-state index is -0.584. The first-order chi connectivity index (χ1) is 5.20. The zero-order valence-corrected chi connectivity index (χ0v) is 6.40. The lowest BCUT2D eigenvalue weighted by Crippen LogP contribution is -2.27. The molecule has 1 unspecified atom stereocenters. The van der Waals surface area contributed by atoms with Gasteiger partial charge in [-0.15, -0.1) is 0 Å². The fourth-order valence-corrected chi connectivity index (χ4v) is 2.42. The molecule has 0 aromatic heterocycles. The molecule has 3 N–H and O–H groups in total. The molecule has 0 aromatic carbocycles. The highest BCUT2D eigenvalue weighted by molar-refractivity contribution is 5.12. The van der Waals surface area contributed by atoms with Crippen LogP contribution in [-0.4, -0.2) is 34.1 Å². The fourth-order valence-electron chi connectivity index (χ4n) is 2.42. The molecule has 0 radical (unpaired) electrons. The summed E-state index contributed by atoms with van der Waals surface area (Å²) in [6.45, 7) is 0.157. The Labute approximate surface area is 65.7 Å². The third-order valence-corrected chi connectivity index (χ3v) is 3.36. The van der Waals surface area contributed by atoms with Gasteiger partial charge in [-0.25, -0.2) is 0 Å². The molecule has 2 saturated carbocycles. The molecule has 0 saturated heterocycles. The van der Waals surface area contributed by atoms with Crippen LogP contribution in [0.3, 0.4) is 0 Å². The van der Waals surface area contributed by atoms with E-state index in [1.54, 1.807) is 0 Å². The fraction of sp³-hybridized carbons (Fsp3) is 1.00. The minimum absolute atomic E-state index is 0.103. The van der Waals surface area contributed by atoms with Gasteiger partial charge in [0.15, 0.2) is 0 Å². The van der Waals surface area contributed by atoms with E-state index < -0.39 is 12.2 Å². The summed E-state index contributed by atoms with van der Waals surface area (Å²) >= 11 is 0. The Balaban J connectivity index is 2.07. The van der Waals surface area contributed by atoms with Gasteiger partial charge in [-0.1, -0.05) is 0 Å². The smallest absolute Gasteiger partial charge is 0.0858 e. The van der Waals surface area contributed by atoms with Gasteiger partial charge in [0.2, 0.25) is 0 Å². The molecule has 3 nitrogen and oxygen atoms in total. The first kappa shape index (κ1) is 7.53. The Morgan fingerprint density at radius 2 is 2.09 bits per heavy atom. The van der Waals surface area contributed by atoms with Gasteiger partial charge >= 0.3 is 0 Å². The van der Waals surface area contributed by atoms with Crippen molar-refractivity contribution in [2.45, 2.75) is 31.5 Å². The van der Waals surface area contributed by atoms with E-state index in [0.29, 0.717) is 6.42 Å². The van der Waals surface area contributed by atoms with Crippen LogP contribution in [0.1, 0.15) is 19.3 Å². The van der Waals surface area contributed by atoms with Crippen molar-refractivity contribution < 1.29 is 15.3 Å². The number of aliphatic hydroxyl groups is 3. The van der Waals surface area contributed by atoms with Crippen molar-refractivity contribution in [3.05, 3.63) is 0 Å². The van der Waals surface area contributed by atoms with Crippen molar-refractivity contribution in [1.29, 1.82) is 0 Å². The predicted octanol–water partition coefficient (Wildman–Crippen LogP) is -0.499. The van der Waals surface area contributed by atoms with Crippen LogP contribution in [0.15, 0.2) is 0 Å². The molecular weight excluding hydrogens is 144 g/mol. The summed E-state index contributed by atoms with van der Waals surface area (Å²) in [5.41, 5.74) is -0.103. The normalized spacial score (nSPS) is 55.4. The Bertz CT molecular complexity index is 171. The average Bonchev–Trinajstić information content (AvgIpc) is 2.67. The molecule has 0 aromatic rings. The van der Waals surface area contributed by atoms with E-state index in [1.165, 1.54) is 0 Å². The molecular formula is C8H14O3. The molecule has 3 heteroatoms. The minimum Gasteiger partial charge on any atom is -0.396 e. The summed E-state index contributed by atoms with van der Waals surface area (Å²) in [5.74, 6) is 0.245. The molecule has 2 aliphatic rings. The first-order valence-corrected chi connectivity index (χ1v) is 4.18. The summed E-state index contributed by atoms with van der Waals surface area (Å²) < 4.78 is 0. The van der Waals surface area contributed by atoms with E-state index in [0.717, 1.165) is 12.8 Å². The molecule has 0 heterocycles. The van der Waals surface area contributed by atoms with Crippen LogP contribution in [0, 0.1) is 11.3 Å². The predicted molar refractivity (Wildman–Crippen MR) is 38.9 cm³/mol. The maximum Gasteiger partial charge on any atom is 0.0858 e. The van der Waals surface area contributed by atoms with E-state index in [2.05, 4.69) is 0 Å². The lowest BCUT2D eigenvalue weighted by atomic mass is 9.99. The Morgan fingerprint density at radius 3 is 2.45 bits per heavy atom. The van der Waals surface area contributed by atoms with E-state index in [-0.39, 0.29) is 17.9 Å². The van der Waals surface area contributed by atoms with Crippen molar-refractivity contribution in [3.63, 3.8) is 0 Å². The van der Waals surface area contributed by atoms with Crippen LogP contribution in [0.4, 0.5) is 0 Å². The first-order valence-electron chi connectivity index (χ1n) is 4.18. The molecule has 64 valence electrons. The van der Waals surface area contributed by atoms with Gasteiger partial charge in [0, 0.05) is 12.0 Å². The second kappa shape index (κ2) is 2.19. The van der Waals surface area contributed by atoms with E-state index in [1.807, 2.05) is 0 Å². The summed E-state index contributed by atoms with van der Waals surface area (Å²) in [5, 5.41) is 27.6. The molecule has 0 bridgehead atoms. The molecule has 2 rings (SSSR count). The zero-order valence-electron chi connectivity index (χ0n) is 6.40. The third kappa shape index (κ3) is 0.849. The van der Waals surface area contributed by atoms with E-state index in [9.17, 15) is 10.2 Å². The van der Waals surface area contributed by atoms with Crippen LogP contribution < -0.4 is 0 Å². The van der Waals surface area contributed by atoms with Crippen LogP contribution >= 0.6 is 0 Å². The average molecular weight is 158 g/mol. The van der Waals surface area contributed by atoms with Gasteiger partial charge in [0.05, 0.1) is 12.2 Å². The Hall–Kier alpha value is -0.120. The summed E-state index contributed by atoms with van der Waals surface area (Å²) in [6, 6.07) is 0. The largest absolute Gasteiger partial charge is 0.396 e. The van der Waals surface area contributed by atoms with Crippen molar-refractivity contribution in [2.75, 3.05) is 6.61 Å². The Morgan fingerprint density at radius 1 is 1.36 bits per heavy atom. The van der Waals surface area contributed by atoms with Gasteiger partial charge in [-0.2, -0.15) is 0 Å². The van der Waals surface area contributed by atoms with Gasteiger partial charge in [0.1, 0.15) is 0 Å². The van der Waals surface area contributed by atoms with Crippen molar-refractivity contribution in [1.82, 2.24) is 0 Å². The van der Waals surface area contributed by atoms with Crippen LogP contribution in [0.2, 0.25) is 0 Å². The van der Waals surface area contributed by atoms with Gasteiger partial charge in [-0.3, -0.25) is 0 Å². The van der Waals surface area contributed by atoms with Crippen molar-refractivity contribution in [3.8, 4) is 0 Å². The summed E-state index contributed by atoms with van der Waals surface area (Å²) in [4.78, 5) is 0. The maximum absolute atomic E-state index is 9.53. The lowest BCUT2D eigenvalue weighted by molar-refractivity contribution is 0.00627. The number of hydrogen-bond acceptors (Lipinski definition) is 3. The van der Waals surface area contributed by atoms with Gasteiger partial charge < -0.3 is 15.3 Å². The molecule has 1 spiro atoms. The van der Waals surface area contributed by atoms with E-state index >= 15 is 0 Å². The standard InChI is InChI=1S/C8H14O3/c9-4-5-3-8(5)2-1-6(10)7(8)11/h5-7,9-11H,1-4H2/t5?,6-,7-,8-/m0/s1. The Kier molecular flexibility index (Phi) is 1.50. The number of hydrogen-bond donors (Lipinski definition) is 3. The van der Waals surface area contributed by atoms with Crippen molar-refractivity contribution >= 4 is 0 Å².